The first-order valence-electron chi connectivity index (χ1n) is 6.43. The lowest BCUT2D eigenvalue weighted by Gasteiger charge is -2.08. The summed E-state index contributed by atoms with van der Waals surface area (Å²) in [6.45, 7) is 0.970. The molecule has 0 saturated heterocycles. The summed E-state index contributed by atoms with van der Waals surface area (Å²) >= 11 is 0. The molecule has 0 atom stereocenters. The summed E-state index contributed by atoms with van der Waals surface area (Å²) in [7, 11) is 1.43. The number of methoxy groups -OCH3 is 1. The molecule has 20 heavy (non-hydrogen) atoms. The third-order valence-corrected chi connectivity index (χ3v) is 3.09. The second-order valence-electron chi connectivity index (χ2n) is 4.76. The lowest BCUT2D eigenvalue weighted by atomic mass is 10.2. The summed E-state index contributed by atoms with van der Waals surface area (Å²) in [5.74, 6) is 0.763. The third-order valence-electron chi connectivity index (χ3n) is 3.09. The van der Waals surface area contributed by atoms with Gasteiger partial charge in [-0.3, -0.25) is 14.9 Å². The van der Waals surface area contributed by atoms with Crippen LogP contribution in [-0.4, -0.2) is 31.0 Å². The van der Waals surface area contributed by atoms with Gasteiger partial charge in [0.1, 0.15) is 11.4 Å². The van der Waals surface area contributed by atoms with Crippen LogP contribution in [0.1, 0.15) is 12.8 Å². The van der Waals surface area contributed by atoms with Gasteiger partial charge >= 0.3 is 0 Å². The molecule has 1 aromatic carbocycles. The van der Waals surface area contributed by atoms with E-state index >= 15 is 0 Å². The zero-order valence-corrected chi connectivity index (χ0v) is 11.2. The van der Waals surface area contributed by atoms with E-state index in [0.717, 1.165) is 6.54 Å². The molecule has 2 N–H and O–H groups in total. The van der Waals surface area contributed by atoms with Crippen molar-refractivity contribution in [2.75, 3.05) is 25.5 Å². The van der Waals surface area contributed by atoms with Crippen molar-refractivity contribution in [1.29, 1.82) is 0 Å². The van der Waals surface area contributed by atoms with E-state index in [1.165, 1.54) is 32.1 Å². The van der Waals surface area contributed by atoms with Gasteiger partial charge in [0.05, 0.1) is 24.6 Å². The molecule has 1 fully saturated rings. The van der Waals surface area contributed by atoms with E-state index in [0.29, 0.717) is 11.7 Å². The Balaban J connectivity index is 1.95. The van der Waals surface area contributed by atoms with Crippen LogP contribution in [0.5, 0.6) is 5.75 Å². The largest absolute Gasteiger partial charge is 0.496 e. The van der Waals surface area contributed by atoms with Crippen LogP contribution in [0.3, 0.4) is 0 Å². The van der Waals surface area contributed by atoms with Gasteiger partial charge in [-0.1, -0.05) is 0 Å². The maximum Gasteiger partial charge on any atom is 0.296 e. The Kier molecular flexibility index (Phi) is 4.52. The smallest absolute Gasteiger partial charge is 0.296 e. The number of rotatable bonds is 7. The highest BCUT2D eigenvalue weighted by Crippen LogP contribution is 2.29. The van der Waals surface area contributed by atoms with Crippen LogP contribution in [0.15, 0.2) is 18.2 Å². The Morgan fingerprint density at radius 3 is 2.85 bits per heavy atom. The molecular formula is C13H17N3O4. The predicted molar refractivity (Wildman–Crippen MR) is 73.9 cm³/mol. The molecule has 1 amide bonds. The number of nitrogens with one attached hydrogen (secondary N) is 2. The fraction of sp³-hybridized carbons (Fsp3) is 0.462. The van der Waals surface area contributed by atoms with Crippen LogP contribution in [0.4, 0.5) is 11.4 Å². The van der Waals surface area contributed by atoms with Gasteiger partial charge in [-0.2, -0.15) is 0 Å². The van der Waals surface area contributed by atoms with Gasteiger partial charge in [0.25, 0.3) is 5.69 Å². The normalized spacial score (nSPS) is 13.8. The first-order chi connectivity index (χ1) is 9.60. The number of anilines is 1. The molecular weight excluding hydrogens is 262 g/mol. The monoisotopic (exact) mass is 279 g/mol. The maximum atomic E-state index is 11.7. The van der Waals surface area contributed by atoms with E-state index in [2.05, 4.69) is 10.6 Å². The molecule has 1 aliphatic rings. The Morgan fingerprint density at radius 2 is 2.25 bits per heavy atom. The number of ether oxygens (including phenoxy) is 1. The number of benzene rings is 1. The highest BCUT2D eigenvalue weighted by molar-refractivity contribution is 5.94. The Hall–Kier alpha value is -2.15. The van der Waals surface area contributed by atoms with E-state index in [9.17, 15) is 14.9 Å². The Bertz CT molecular complexity index is 514. The molecule has 0 unspecified atom stereocenters. The van der Waals surface area contributed by atoms with Crippen LogP contribution in [0.2, 0.25) is 0 Å². The lowest BCUT2D eigenvalue weighted by molar-refractivity contribution is -0.384. The van der Waals surface area contributed by atoms with Crippen molar-refractivity contribution in [1.82, 2.24) is 5.32 Å². The fourth-order valence-electron chi connectivity index (χ4n) is 1.80. The van der Waals surface area contributed by atoms with E-state index in [-0.39, 0.29) is 23.8 Å². The number of nitro benzene ring substituents is 1. The number of nitro groups is 1. The Morgan fingerprint density at radius 1 is 1.50 bits per heavy atom. The molecule has 0 bridgehead atoms. The van der Waals surface area contributed by atoms with Gasteiger partial charge < -0.3 is 15.4 Å². The second kappa shape index (κ2) is 6.33. The van der Waals surface area contributed by atoms with Crippen molar-refractivity contribution in [3.63, 3.8) is 0 Å². The molecule has 0 aliphatic heterocycles. The van der Waals surface area contributed by atoms with Gasteiger partial charge in [-0.25, -0.2) is 0 Å². The summed E-state index contributed by atoms with van der Waals surface area (Å²) in [5.41, 5.74) is -0.00563. The summed E-state index contributed by atoms with van der Waals surface area (Å²) in [5, 5.41) is 16.5. The number of nitrogens with zero attached hydrogens (tertiary/aromatic N) is 1. The van der Waals surface area contributed by atoms with E-state index in [1.807, 2.05) is 0 Å². The molecule has 0 radical (unpaired) electrons. The molecule has 0 spiro atoms. The predicted octanol–water partition coefficient (Wildman–Crippen LogP) is 1.54. The molecule has 108 valence electrons. The molecule has 7 nitrogen and oxygen atoms in total. The standard InChI is InChI=1S/C13H17N3O4/c1-20-10-4-5-11(12(6-10)16(18)19)15-13(17)8-14-7-9-2-3-9/h4-6,9,14H,2-3,7-8H2,1H3,(H,15,17). The van der Waals surface area contributed by atoms with Crippen LogP contribution in [-0.2, 0) is 4.79 Å². The van der Waals surface area contributed by atoms with Gasteiger partial charge in [0.2, 0.25) is 5.91 Å². The van der Waals surface area contributed by atoms with Gasteiger partial charge in [-0.15, -0.1) is 0 Å². The fourth-order valence-corrected chi connectivity index (χ4v) is 1.80. The van der Waals surface area contributed by atoms with Crippen LogP contribution in [0, 0.1) is 16.0 Å². The first-order valence-corrected chi connectivity index (χ1v) is 6.43. The lowest BCUT2D eigenvalue weighted by Crippen LogP contribution is -2.29. The van der Waals surface area contributed by atoms with Gasteiger partial charge in [0.15, 0.2) is 0 Å². The molecule has 1 aromatic rings. The average molecular weight is 279 g/mol. The van der Waals surface area contributed by atoms with Crippen molar-refractivity contribution < 1.29 is 14.5 Å². The van der Waals surface area contributed by atoms with E-state index in [4.69, 9.17) is 4.74 Å². The quantitative estimate of drug-likeness (QED) is 0.583. The highest BCUT2D eigenvalue weighted by Gasteiger charge is 2.21. The first kappa shape index (κ1) is 14.3. The molecule has 7 heteroatoms. The van der Waals surface area contributed by atoms with Crippen molar-refractivity contribution in [3.8, 4) is 5.75 Å². The Labute approximate surface area is 116 Å². The summed E-state index contributed by atoms with van der Waals surface area (Å²) in [6.07, 6.45) is 2.41. The highest BCUT2D eigenvalue weighted by atomic mass is 16.6. The number of hydrogen-bond donors (Lipinski definition) is 2. The van der Waals surface area contributed by atoms with Crippen molar-refractivity contribution in [2.45, 2.75) is 12.8 Å². The van der Waals surface area contributed by atoms with E-state index < -0.39 is 4.92 Å². The molecule has 1 aliphatic carbocycles. The third kappa shape index (κ3) is 3.92. The average Bonchev–Trinajstić information content (AvgIpc) is 3.23. The molecule has 1 saturated carbocycles. The number of carbonyl (C=O) groups is 1. The minimum atomic E-state index is -0.546. The van der Waals surface area contributed by atoms with Crippen LogP contribution in [0.25, 0.3) is 0 Å². The molecule has 0 heterocycles. The van der Waals surface area contributed by atoms with Crippen molar-refractivity contribution in [2.24, 2.45) is 5.92 Å². The summed E-state index contributed by atoms with van der Waals surface area (Å²) < 4.78 is 4.93. The number of amides is 1. The van der Waals surface area contributed by atoms with Crippen LogP contribution < -0.4 is 15.4 Å². The summed E-state index contributed by atoms with van der Waals surface area (Å²) in [4.78, 5) is 22.1. The van der Waals surface area contributed by atoms with Crippen molar-refractivity contribution in [3.05, 3.63) is 28.3 Å². The second-order valence-corrected chi connectivity index (χ2v) is 4.76. The van der Waals surface area contributed by atoms with Gasteiger partial charge in [-0.05, 0) is 37.4 Å². The molecule has 0 aromatic heterocycles. The van der Waals surface area contributed by atoms with Crippen molar-refractivity contribution >= 4 is 17.3 Å². The maximum absolute atomic E-state index is 11.7. The minimum Gasteiger partial charge on any atom is -0.496 e. The van der Waals surface area contributed by atoms with Crippen LogP contribution >= 0.6 is 0 Å². The minimum absolute atomic E-state index is 0.152. The zero-order valence-electron chi connectivity index (χ0n) is 11.2. The number of carbonyl (C=O) groups excluding carboxylic acids is 1. The summed E-state index contributed by atoms with van der Waals surface area (Å²) in [6, 6.07) is 4.32. The topological polar surface area (TPSA) is 93.5 Å². The number of hydrogen-bond acceptors (Lipinski definition) is 5. The van der Waals surface area contributed by atoms with E-state index in [1.54, 1.807) is 6.07 Å². The SMILES string of the molecule is COc1ccc(NC(=O)CNCC2CC2)c([N+](=O)[O-])c1. The molecule has 2 rings (SSSR count). The zero-order chi connectivity index (χ0) is 14.5. The van der Waals surface area contributed by atoms with Gasteiger partial charge in [0, 0.05) is 0 Å².